The van der Waals surface area contributed by atoms with Crippen molar-refractivity contribution in [3.05, 3.63) is 30.0 Å². The number of fused-ring (bicyclic) bond motifs is 1. The summed E-state index contributed by atoms with van der Waals surface area (Å²) in [5, 5.41) is 0.732. The number of aromatic nitrogens is 1. The zero-order valence-electron chi connectivity index (χ0n) is 11.4. The quantitative estimate of drug-likeness (QED) is 0.859. The molecule has 0 radical (unpaired) electrons. The maximum absolute atomic E-state index is 12.2. The first-order valence-corrected chi connectivity index (χ1v) is 7.86. The number of hydrogen-bond donors (Lipinski definition) is 1. The number of rotatable bonds is 2. The van der Waals surface area contributed by atoms with Crippen molar-refractivity contribution < 1.29 is 13.2 Å². The first-order chi connectivity index (χ1) is 8.59. The van der Waals surface area contributed by atoms with E-state index in [1.165, 1.54) is 6.26 Å². The van der Waals surface area contributed by atoms with Gasteiger partial charge in [0.1, 0.15) is 0 Å². The summed E-state index contributed by atoms with van der Waals surface area (Å²) in [6.45, 7) is 5.55. The van der Waals surface area contributed by atoms with E-state index >= 15 is 0 Å². The predicted octanol–water partition coefficient (Wildman–Crippen LogP) is 2.80. The molecule has 0 unspecified atom stereocenters. The zero-order chi connectivity index (χ0) is 14.4. The van der Waals surface area contributed by atoms with Crippen molar-refractivity contribution in [2.75, 3.05) is 6.26 Å². The highest BCUT2D eigenvalue weighted by Gasteiger charge is 2.24. The molecule has 0 bridgehead atoms. The van der Waals surface area contributed by atoms with E-state index in [1.54, 1.807) is 24.3 Å². The molecular formula is C14H17NO3S. The molecule has 0 atom stereocenters. The summed E-state index contributed by atoms with van der Waals surface area (Å²) < 4.78 is 23.0. The van der Waals surface area contributed by atoms with Crippen molar-refractivity contribution in [2.24, 2.45) is 5.41 Å². The van der Waals surface area contributed by atoms with Crippen LogP contribution in [0.15, 0.2) is 29.2 Å². The Labute approximate surface area is 112 Å². The largest absolute Gasteiger partial charge is 0.352 e. The van der Waals surface area contributed by atoms with Gasteiger partial charge in [-0.15, -0.1) is 0 Å². The van der Waals surface area contributed by atoms with E-state index < -0.39 is 15.3 Å². The molecule has 102 valence electrons. The lowest BCUT2D eigenvalue weighted by Gasteiger charge is -2.14. The lowest BCUT2D eigenvalue weighted by molar-refractivity contribution is 0.0854. The number of carbonyl (C=O) groups excluding carboxylic acids is 1. The number of sulfone groups is 1. The molecule has 0 aliphatic carbocycles. The first kappa shape index (κ1) is 13.8. The average molecular weight is 279 g/mol. The smallest absolute Gasteiger partial charge is 0.184 e. The van der Waals surface area contributed by atoms with E-state index in [4.69, 9.17) is 0 Å². The SMILES string of the molecule is CC(C)(C)C(=O)c1cc2cc(S(C)(=O)=O)ccc2[nH]1. The molecule has 0 saturated heterocycles. The lowest BCUT2D eigenvalue weighted by atomic mass is 9.89. The summed E-state index contributed by atoms with van der Waals surface area (Å²) in [5.74, 6) is 0.00426. The van der Waals surface area contributed by atoms with Crippen LogP contribution < -0.4 is 0 Å². The predicted molar refractivity (Wildman–Crippen MR) is 75.2 cm³/mol. The van der Waals surface area contributed by atoms with Crippen LogP contribution in [0.5, 0.6) is 0 Å². The third-order valence-corrected chi connectivity index (χ3v) is 4.06. The summed E-state index contributed by atoms with van der Waals surface area (Å²) in [7, 11) is -3.23. The van der Waals surface area contributed by atoms with Gasteiger partial charge in [-0.2, -0.15) is 0 Å². The number of hydrogen-bond acceptors (Lipinski definition) is 3. The number of Topliss-reactive ketones (excluding diaryl/α,β-unsaturated/α-hetero) is 1. The minimum Gasteiger partial charge on any atom is -0.352 e. The molecule has 4 nitrogen and oxygen atoms in total. The Morgan fingerprint density at radius 1 is 1.16 bits per heavy atom. The fourth-order valence-electron chi connectivity index (χ4n) is 1.87. The summed E-state index contributed by atoms with van der Waals surface area (Å²) in [6, 6.07) is 6.52. The molecule has 1 N–H and O–H groups in total. The van der Waals surface area contributed by atoms with Crippen LogP contribution in [0.4, 0.5) is 0 Å². The Bertz CT molecular complexity index is 749. The van der Waals surface area contributed by atoms with Gasteiger partial charge in [-0.05, 0) is 24.3 Å². The molecule has 2 rings (SSSR count). The van der Waals surface area contributed by atoms with E-state index in [9.17, 15) is 13.2 Å². The van der Waals surface area contributed by atoms with Crippen molar-refractivity contribution in [3.63, 3.8) is 0 Å². The Hall–Kier alpha value is -1.62. The van der Waals surface area contributed by atoms with Crippen LogP contribution in [0, 0.1) is 5.41 Å². The second kappa shape index (κ2) is 4.20. The Morgan fingerprint density at radius 3 is 2.32 bits per heavy atom. The molecule has 0 fully saturated rings. The highest BCUT2D eigenvalue weighted by Crippen LogP contribution is 2.25. The van der Waals surface area contributed by atoms with Gasteiger partial charge >= 0.3 is 0 Å². The van der Waals surface area contributed by atoms with Crippen molar-refractivity contribution in [2.45, 2.75) is 25.7 Å². The molecule has 1 heterocycles. The van der Waals surface area contributed by atoms with Gasteiger partial charge in [0.25, 0.3) is 0 Å². The lowest BCUT2D eigenvalue weighted by Crippen LogP contribution is -2.20. The van der Waals surface area contributed by atoms with E-state index in [0.717, 1.165) is 10.9 Å². The van der Waals surface area contributed by atoms with E-state index in [-0.39, 0.29) is 10.7 Å². The summed E-state index contributed by atoms with van der Waals surface area (Å²) in [6.07, 6.45) is 1.17. The number of carbonyl (C=O) groups is 1. The van der Waals surface area contributed by atoms with Crippen molar-refractivity contribution in [1.29, 1.82) is 0 Å². The molecule has 2 aromatic rings. The third-order valence-electron chi connectivity index (χ3n) is 2.95. The van der Waals surface area contributed by atoms with Gasteiger partial charge in [0, 0.05) is 22.6 Å². The molecule has 5 heteroatoms. The van der Waals surface area contributed by atoms with Gasteiger partial charge in [-0.25, -0.2) is 8.42 Å². The molecule has 1 aromatic carbocycles. The van der Waals surface area contributed by atoms with Gasteiger partial charge in [-0.3, -0.25) is 4.79 Å². The maximum atomic E-state index is 12.2. The molecule has 0 aliphatic rings. The normalized spacial score (nSPS) is 12.8. The highest BCUT2D eigenvalue weighted by molar-refractivity contribution is 7.90. The molecule has 1 aromatic heterocycles. The summed E-state index contributed by atoms with van der Waals surface area (Å²) in [4.78, 5) is 15.5. The van der Waals surface area contributed by atoms with Gasteiger partial charge in [-0.1, -0.05) is 20.8 Å². The fraction of sp³-hybridized carbons (Fsp3) is 0.357. The van der Waals surface area contributed by atoms with Crippen LogP contribution >= 0.6 is 0 Å². The van der Waals surface area contributed by atoms with E-state index in [2.05, 4.69) is 4.98 Å². The summed E-state index contributed by atoms with van der Waals surface area (Å²) >= 11 is 0. The number of nitrogens with one attached hydrogen (secondary N) is 1. The van der Waals surface area contributed by atoms with E-state index in [1.807, 2.05) is 20.8 Å². The molecular weight excluding hydrogens is 262 g/mol. The standard InChI is InChI=1S/C14H17NO3S/c1-14(2,3)13(16)12-8-9-7-10(19(4,17)18)5-6-11(9)15-12/h5-8,15H,1-4H3. The van der Waals surface area contributed by atoms with Crippen LogP contribution in [-0.2, 0) is 9.84 Å². The fourth-order valence-corrected chi connectivity index (χ4v) is 2.52. The summed E-state index contributed by atoms with van der Waals surface area (Å²) in [5.41, 5.74) is 0.800. The van der Waals surface area contributed by atoms with Crippen LogP contribution in [0.3, 0.4) is 0 Å². The van der Waals surface area contributed by atoms with Crippen molar-refractivity contribution in [3.8, 4) is 0 Å². The number of benzene rings is 1. The van der Waals surface area contributed by atoms with Gasteiger partial charge in [0.15, 0.2) is 15.6 Å². The Balaban J connectivity index is 2.56. The molecule has 0 saturated carbocycles. The van der Waals surface area contributed by atoms with Crippen LogP contribution in [0.2, 0.25) is 0 Å². The third kappa shape index (κ3) is 2.71. The van der Waals surface area contributed by atoms with Crippen LogP contribution in [0.25, 0.3) is 10.9 Å². The molecule has 0 aliphatic heterocycles. The Morgan fingerprint density at radius 2 is 1.79 bits per heavy atom. The maximum Gasteiger partial charge on any atom is 0.184 e. The first-order valence-electron chi connectivity index (χ1n) is 5.97. The number of ketones is 1. The van der Waals surface area contributed by atoms with Crippen molar-refractivity contribution >= 4 is 26.5 Å². The average Bonchev–Trinajstić information content (AvgIpc) is 2.67. The topological polar surface area (TPSA) is 67.0 Å². The minimum absolute atomic E-state index is 0.00426. The van der Waals surface area contributed by atoms with Crippen molar-refractivity contribution in [1.82, 2.24) is 4.98 Å². The van der Waals surface area contributed by atoms with E-state index in [0.29, 0.717) is 5.69 Å². The van der Waals surface area contributed by atoms with Gasteiger partial charge in [0.05, 0.1) is 10.6 Å². The molecule has 19 heavy (non-hydrogen) atoms. The number of H-pyrrole nitrogens is 1. The molecule has 0 spiro atoms. The molecule has 0 amide bonds. The zero-order valence-corrected chi connectivity index (χ0v) is 12.3. The number of aromatic amines is 1. The van der Waals surface area contributed by atoms with Crippen LogP contribution in [0.1, 0.15) is 31.3 Å². The van der Waals surface area contributed by atoms with Crippen LogP contribution in [-0.4, -0.2) is 25.4 Å². The second-order valence-corrected chi connectivity index (χ2v) is 7.80. The van der Waals surface area contributed by atoms with Gasteiger partial charge in [0.2, 0.25) is 0 Å². The second-order valence-electron chi connectivity index (χ2n) is 5.78. The van der Waals surface area contributed by atoms with Gasteiger partial charge < -0.3 is 4.98 Å². The highest BCUT2D eigenvalue weighted by atomic mass is 32.2. The Kier molecular flexibility index (Phi) is 3.05. The minimum atomic E-state index is -3.23. The monoisotopic (exact) mass is 279 g/mol.